The zero-order chi connectivity index (χ0) is 24.5. The monoisotopic (exact) mass is 471 g/mol. The number of piperidine rings is 1. The van der Waals surface area contributed by atoms with Gasteiger partial charge in [0, 0.05) is 49.9 Å². The number of carbonyl (C=O) groups excluding carboxylic acids is 1. The highest BCUT2D eigenvalue weighted by atomic mass is 16.1. The summed E-state index contributed by atoms with van der Waals surface area (Å²) in [5.41, 5.74) is 1.31. The van der Waals surface area contributed by atoms with Crippen LogP contribution in [0.15, 0.2) is 12.4 Å². The highest BCUT2D eigenvalue weighted by Crippen LogP contribution is 2.29. The van der Waals surface area contributed by atoms with Crippen molar-refractivity contribution in [3.63, 3.8) is 0 Å². The maximum atomic E-state index is 12.0. The number of piperazine rings is 1. The van der Waals surface area contributed by atoms with Gasteiger partial charge in [0.1, 0.15) is 5.78 Å². The van der Waals surface area contributed by atoms with Gasteiger partial charge >= 0.3 is 0 Å². The number of Topliss-reactive ketones (excluding diaryl/α,β-unsaturated/α-hetero) is 1. The number of unbranched alkanes of at least 4 members (excludes halogenated alkanes) is 2. The number of carbonyl (C=O) groups is 1. The van der Waals surface area contributed by atoms with Crippen LogP contribution in [0.3, 0.4) is 0 Å². The first kappa shape index (κ1) is 27.1. The summed E-state index contributed by atoms with van der Waals surface area (Å²) in [6.45, 7) is 14.4. The largest absolute Gasteiger partial charge is 0.332 e. The fourth-order valence-corrected chi connectivity index (χ4v) is 5.70. The third kappa shape index (κ3) is 7.24. The molecule has 6 nitrogen and oxygen atoms in total. The molecule has 192 valence electrons. The summed E-state index contributed by atoms with van der Waals surface area (Å²) >= 11 is 0. The van der Waals surface area contributed by atoms with E-state index in [2.05, 4.69) is 61.8 Å². The number of ketones is 1. The fourth-order valence-electron chi connectivity index (χ4n) is 5.70. The second-order valence-corrected chi connectivity index (χ2v) is 10.8. The minimum Gasteiger partial charge on any atom is -0.332 e. The highest BCUT2D eigenvalue weighted by molar-refractivity contribution is 5.80. The highest BCUT2D eigenvalue weighted by Gasteiger charge is 2.33. The Morgan fingerprint density at radius 2 is 1.62 bits per heavy atom. The predicted molar refractivity (Wildman–Crippen MR) is 142 cm³/mol. The topological polar surface area (TPSA) is 52.6 Å². The van der Waals surface area contributed by atoms with Gasteiger partial charge in [0.25, 0.3) is 0 Å². The molecule has 3 atom stereocenters. The molecule has 0 spiro atoms. The lowest BCUT2D eigenvalue weighted by Gasteiger charge is -2.45. The van der Waals surface area contributed by atoms with Crippen LogP contribution in [-0.4, -0.2) is 77.4 Å². The van der Waals surface area contributed by atoms with Crippen molar-refractivity contribution >= 4 is 11.7 Å². The summed E-state index contributed by atoms with van der Waals surface area (Å²) in [6, 6.07) is 0.983. The lowest BCUT2D eigenvalue weighted by molar-refractivity contribution is -0.122. The van der Waals surface area contributed by atoms with E-state index in [4.69, 9.17) is 9.97 Å². The Morgan fingerprint density at radius 1 is 1.00 bits per heavy atom. The van der Waals surface area contributed by atoms with Crippen LogP contribution in [0.25, 0.3) is 0 Å². The SMILES string of the molecule is CCC(C)C(=O)CCCCCN1CCC(c2cnc(N3C(CC)CN(C)CC3CC)nc2)CC1. The maximum Gasteiger partial charge on any atom is 0.225 e. The standard InChI is InChI=1S/C28H49N5O/c1-6-22(4)27(34)12-10-9-11-15-32-16-13-23(14-17-32)24-18-29-28(30-19-24)33-25(7-2)20-31(5)21-26(33)8-3/h18-19,22-23,25-26H,6-17,20-21H2,1-5H3. The number of hydrogen-bond acceptors (Lipinski definition) is 6. The summed E-state index contributed by atoms with van der Waals surface area (Å²) in [5.74, 6) is 2.18. The third-order valence-electron chi connectivity index (χ3n) is 8.28. The summed E-state index contributed by atoms with van der Waals surface area (Å²) < 4.78 is 0. The number of likely N-dealkylation sites (N-methyl/N-ethyl adjacent to an activating group) is 1. The van der Waals surface area contributed by atoms with Crippen LogP contribution < -0.4 is 4.90 Å². The molecule has 2 aliphatic rings. The lowest BCUT2D eigenvalue weighted by atomic mass is 9.91. The summed E-state index contributed by atoms with van der Waals surface area (Å²) in [6.07, 6.45) is 14.0. The average molecular weight is 472 g/mol. The van der Waals surface area contributed by atoms with Gasteiger partial charge in [-0.25, -0.2) is 9.97 Å². The van der Waals surface area contributed by atoms with E-state index in [-0.39, 0.29) is 5.92 Å². The predicted octanol–water partition coefficient (Wildman–Crippen LogP) is 5.14. The summed E-state index contributed by atoms with van der Waals surface area (Å²) in [4.78, 5) is 29.3. The number of likely N-dealkylation sites (tertiary alicyclic amines) is 1. The quantitative estimate of drug-likeness (QED) is 0.393. The molecule has 3 unspecified atom stereocenters. The van der Waals surface area contributed by atoms with Crippen molar-refractivity contribution in [3.05, 3.63) is 18.0 Å². The summed E-state index contributed by atoms with van der Waals surface area (Å²) in [5, 5.41) is 0. The Labute approximate surface area is 208 Å². The Balaban J connectivity index is 1.43. The van der Waals surface area contributed by atoms with Crippen LogP contribution in [0.1, 0.15) is 97.0 Å². The van der Waals surface area contributed by atoms with Crippen molar-refractivity contribution in [3.8, 4) is 0 Å². The molecular formula is C28H49N5O. The first-order valence-corrected chi connectivity index (χ1v) is 14.0. The molecule has 0 N–H and O–H groups in total. The maximum absolute atomic E-state index is 12.0. The van der Waals surface area contributed by atoms with Crippen LogP contribution >= 0.6 is 0 Å². The van der Waals surface area contributed by atoms with Crippen molar-refractivity contribution in [1.82, 2.24) is 19.8 Å². The molecule has 0 saturated carbocycles. The molecule has 0 aliphatic carbocycles. The van der Waals surface area contributed by atoms with E-state index in [1.54, 1.807) is 0 Å². The third-order valence-corrected chi connectivity index (χ3v) is 8.28. The molecular weight excluding hydrogens is 422 g/mol. The van der Waals surface area contributed by atoms with Gasteiger partial charge in [-0.05, 0) is 83.1 Å². The molecule has 0 bridgehead atoms. The van der Waals surface area contributed by atoms with Crippen LogP contribution in [0.5, 0.6) is 0 Å². The zero-order valence-corrected chi connectivity index (χ0v) is 22.5. The molecule has 1 aromatic rings. The molecule has 34 heavy (non-hydrogen) atoms. The van der Waals surface area contributed by atoms with Crippen molar-refractivity contribution < 1.29 is 4.79 Å². The molecule has 1 aromatic heterocycles. The van der Waals surface area contributed by atoms with Gasteiger partial charge in [-0.3, -0.25) is 4.79 Å². The number of aromatic nitrogens is 2. The molecule has 0 aromatic carbocycles. The van der Waals surface area contributed by atoms with Gasteiger partial charge in [-0.1, -0.05) is 34.1 Å². The molecule has 3 heterocycles. The number of rotatable bonds is 12. The van der Waals surface area contributed by atoms with Gasteiger partial charge in [-0.2, -0.15) is 0 Å². The zero-order valence-electron chi connectivity index (χ0n) is 22.5. The van der Waals surface area contributed by atoms with E-state index in [1.807, 2.05) is 0 Å². The van der Waals surface area contributed by atoms with Gasteiger partial charge in [-0.15, -0.1) is 0 Å². The Morgan fingerprint density at radius 3 is 2.18 bits per heavy atom. The summed E-state index contributed by atoms with van der Waals surface area (Å²) in [7, 11) is 2.23. The fraction of sp³-hybridized carbons (Fsp3) is 0.821. The molecule has 2 saturated heterocycles. The smallest absolute Gasteiger partial charge is 0.225 e. The second-order valence-electron chi connectivity index (χ2n) is 10.8. The van der Waals surface area contributed by atoms with Crippen LogP contribution in [-0.2, 0) is 4.79 Å². The van der Waals surface area contributed by atoms with Gasteiger partial charge in [0.2, 0.25) is 5.95 Å². The van der Waals surface area contributed by atoms with Crippen molar-refractivity contribution in [2.75, 3.05) is 44.7 Å². The first-order chi connectivity index (χ1) is 16.5. The molecule has 0 amide bonds. The molecule has 0 radical (unpaired) electrons. The molecule has 3 rings (SSSR count). The van der Waals surface area contributed by atoms with E-state index in [0.29, 0.717) is 23.8 Å². The Bertz CT molecular complexity index is 717. The van der Waals surface area contributed by atoms with Crippen LogP contribution in [0.2, 0.25) is 0 Å². The normalized spacial score (nSPS) is 23.9. The van der Waals surface area contributed by atoms with E-state index in [9.17, 15) is 4.79 Å². The average Bonchev–Trinajstić information content (AvgIpc) is 2.87. The number of anilines is 1. The van der Waals surface area contributed by atoms with Crippen molar-refractivity contribution in [1.29, 1.82) is 0 Å². The van der Waals surface area contributed by atoms with Crippen LogP contribution in [0.4, 0.5) is 5.95 Å². The minimum absolute atomic E-state index is 0.236. The van der Waals surface area contributed by atoms with E-state index in [1.165, 1.54) is 37.8 Å². The second kappa shape index (κ2) is 13.5. The Hall–Kier alpha value is -1.53. The molecule has 2 aliphatic heterocycles. The van der Waals surface area contributed by atoms with E-state index < -0.39 is 0 Å². The van der Waals surface area contributed by atoms with E-state index >= 15 is 0 Å². The Kier molecular flexibility index (Phi) is 10.8. The minimum atomic E-state index is 0.236. The van der Waals surface area contributed by atoms with Gasteiger partial charge in [0.15, 0.2) is 0 Å². The van der Waals surface area contributed by atoms with E-state index in [0.717, 1.165) is 64.2 Å². The molecule has 2 fully saturated rings. The number of hydrogen-bond donors (Lipinski definition) is 0. The first-order valence-electron chi connectivity index (χ1n) is 14.0. The van der Waals surface area contributed by atoms with Crippen LogP contribution in [0, 0.1) is 5.92 Å². The lowest BCUT2D eigenvalue weighted by Crippen LogP contribution is -2.58. The molecule has 6 heteroatoms. The van der Waals surface area contributed by atoms with Gasteiger partial charge in [0.05, 0.1) is 0 Å². The number of nitrogens with zero attached hydrogens (tertiary/aromatic N) is 5. The van der Waals surface area contributed by atoms with Gasteiger partial charge < -0.3 is 14.7 Å². The van der Waals surface area contributed by atoms with Crippen molar-refractivity contribution in [2.24, 2.45) is 5.92 Å². The van der Waals surface area contributed by atoms with Crippen molar-refractivity contribution in [2.45, 2.75) is 103 Å².